The summed E-state index contributed by atoms with van der Waals surface area (Å²) in [7, 11) is 1.92. The molecular weight excluding hydrogens is 232 g/mol. The molecule has 0 aliphatic rings. The number of hydrogen-bond acceptors (Lipinski definition) is 5. The number of nitrogens with one attached hydrogen (secondary N) is 2. The lowest BCUT2D eigenvalue weighted by Crippen LogP contribution is -2.22. The Morgan fingerprint density at radius 3 is 2.87 bits per heavy atom. The van der Waals surface area contributed by atoms with Crippen LogP contribution in [0.25, 0.3) is 0 Å². The van der Waals surface area contributed by atoms with E-state index in [1.807, 2.05) is 13.1 Å². The number of rotatable bonds is 5. The number of thiazole rings is 1. The molecule has 1 rings (SSSR count). The molecule has 4 nitrogen and oxygen atoms in total. The van der Waals surface area contributed by atoms with E-state index in [-0.39, 0.29) is 5.15 Å². The summed E-state index contributed by atoms with van der Waals surface area (Å²) >= 11 is 7.03. The van der Waals surface area contributed by atoms with Crippen LogP contribution >= 0.6 is 22.9 Å². The average molecular weight is 245 g/mol. The molecule has 1 atom stereocenters. The van der Waals surface area contributed by atoms with Gasteiger partial charge in [-0.15, -0.1) is 0 Å². The molecule has 1 unspecified atom stereocenters. The van der Waals surface area contributed by atoms with Gasteiger partial charge in [0.25, 0.3) is 0 Å². The summed E-state index contributed by atoms with van der Waals surface area (Å²) in [6.45, 7) is 3.89. The Morgan fingerprint density at radius 1 is 1.60 bits per heavy atom. The van der Waals surface area contributed by atoms with E-state index in [9.17, 15) is 0 Å². The van der Waals surface area contributed by atoms with Crippen molar-refractivity contribution in [2.24, 2.45) is 5.92 Å². The maximum Gasteiger partial charge on any atom is 0.185 e. The third-order valence-electron chi connectivity index (χ3n) is 1.84. The monoisotopic (exact) mass is 244 g/mol. The van der Waals surface area contributed by atoms with E-state index in [1.165, 1.54) is 11.3 Å². The molecule has 0 bridgehead atoms. The molecule has 1 aromatic heterocycles. The van der Waals surface area contributed by atoms with Gasteiger partial charge in [0.15, 0.2) is 10.3 Å². The van der Waals surface area contributed by atoms with Gasteiger partial charge < -0.3 is 10.6 Å². The van der Waals surface area contributed by atoms with Gasteiger partial charge in [-0.2, -0.15) is 5.26 Å². The van der Waals surface area contributed by atoms with Gasteiger partial charge in [-0.3, -0.25) is 0 Å². The number of hydrogen-bond donors (Lipinski definition) is 2. The van der Waals surface area contributed by atoms with Gasteiger partial charge in [-0.1, -0.05) is 29.9 Å². The van der Waals surface area contributed by atoms with E-state index in [0.717, 1.165) is 13.1 Å². The van der Waals surface area contributed by atoms with E-state index >= 15 is 0 Å². The third-order valence-corrected chi connectivity index (χ3v) is 3.14. The molecule has 1 aromatic rings. The lowest BCUT2D eigenvalue weighted by atomic mass is 10.2. The van der Waals surface area contributed by atoms with Crippen molar-refractivity contribution in [1.82, 2.24) is 10.3 Å². The van der Waals surface area contributed by atoms with Crippen molar-refractivity contribution < 1.29 is 0 Å². The summed E-state index contributed by atoms with van der Waals surface area (Å²) in [5, 5.41) is 15.9. The third kappa shape index (κ3) is 3.67. The molecule has 0 aliphatic carbocycles. The van der Waals surface area contributed by atoms with Gasteiger partial charge in [-0.05, 0) is 19.5 Å². The second-order valence-electron chi connectivity index (χ2n) is 3.29. The van der Waals surface area contributed by atoms with Crippen molar-refractivity contribution >= 4 is 28.1 Å². The van der Waals surface area contributed by atoms with Crippen LogP contribution in [0.2, 0.25) is 5.15 Å². The second-order valence-corrected chi connectivity index (χ2v) is 4.65. The summed E-state index contributed by atoms with van der Waals surface area (Å²) in [6, 6.07) is 2.00. The molecule has 0 fully saturated rings. The largest absolute Gasteiger partial charge is 0.361 e. The molecule has 0 radical (unpaired) electrons. The molecule has 2 N–H and O–H groups in total. The van der Waals surface area contributed by atoms with E-state index in [0.29, 0.717) is 15.9 Å². The Balaban J connectivity index is 2.48. The van der Waals surface area contributed by atoms with E-state index in [1.54, 1.807) is 0 Å². The number of nitrogens with zero attached hydrogens (tertiary/aromatic N) is 2. The first-order chi connectivity index (χ1) is 7.17. The number of nitriles is 1. The predicted octanol–water partition coefficient (Wildman–Crippen LogP) is 1.94. The lowest BCUT2D eigenvalue weighted by molar-refractivity contribution is 0.569. The summed E-state index contributed by atoms with van der Waals surface area (Å²) in [4.78, 5) is 4.50. The smallest absolute Gasteiger partial charge is 0.185 e. The van der Waals surface area contributed by atoms with Gasteiger partial charge >= 0.3 is 0 Å². The Kier molecular flexibility index (Phi) is 4.82. The zero-order chi connectivity index (χ0) is 11.3. The lowest BCUT2D eigenvalue weighted by Gasteiger charge is -2.10. The Hall–Kier alpha value is -0.830. The van der Waals surface area contributed by atoms with E-state index in [4.69, 9.17) is 16.9 Å². The van der Waals surface area contributed by atoms with Crippen LogP contribution in [0.1, 0.15) is 11.8 Å². The van der Waals surface area contributed by atoms with Gasteiger partial charge in [-0.25, -0.2) is 4.98 Å². The fourth-order valence-electron chi connectivity index (χ4n) is 1.13. The molecular formula is C9H13ClN4S. The van der Waals surface area contributed by atoms with Crippen molar-refractivity contribution in [1.29, 1.82) is 5.26 Å². The zero-order valence-corrected chi connectivity index (χ0v) is 10.2. The molecule has 0 saturated carbocycles. The Bertz CT molecular complexity index is 357. The van der Waals surface area contributed by atoms with Crippen molar-refractivity contribution in [3.05, 3.63) is 10.0 Å². The molecule has 1 heterocycles. The molecule has 15 heavy (non-hydrogen) atoms. The van der Waals surface area contributed by atoms with E-state index < -0.39 is 0 Å². The van der Waals surface area contributed by atoms with Crippen LogP contribution in [-0.2, 0) is 0 Å². The molecule has 0 aromatic carbocycles. The molecule has 0 aliphatic heterocycles. The minimum Gasteiger partial charge on any atom is -0.361 e. The van der Waals surface area contributed by atoms with Crippen LogP contribution in [0.4, 0.5) is 5.13 Å². The first kappa shape index (κ1) is 12.2. The molecule has 6 heteroatoms. The summed E-state index contributed by atoms with van der Waals surface area (Å²) in [5.41, 5.74) is 0. The van der Waals surface area contributed by atoms with Crippen LogP contribution in [0, 0.1) is 17.2 Å². The van der Waals surface area contributed by atoms with Crippen LogP contribution in [0.3, 0.4) is 0 Å². The Labute approximate surface area is 98.3 Å². The highest BCUT2D eigenvalue weighted by Crippen LogP contribution is 2.25. The minimum absolute atomic E-state index is 0.284. The SMILES string of the molecule is CNCC(C)CNc1nc(Cl)c(C#N)s1. The quantitative estimate of drug-likeness (QED) is 0.831. The normalized spacial score (nSPS) is 12.1. The van der Waals surface area contributed by atoms with Crippen LogP contribution in [0.5, 0.6) is 0 Å². The standard InChI is InChI=1S/C9H13ClN4S/c1-6(4-12-2)5-13-9-14-8(10)7(3-11)15-9/h6,12H,4-5H2,1-2H3,(H,13,14). The second kappa shape index (κ2) is 5.91. The maximum atomic E-state index is 8.69. The predicted molar refractivity (Wildman–Crippen MR) is 63.4 cm³/mol. The van der Waals surface area contributed by atoms with Gasteiger partial charge in [0.2, 0.25) is 0 Å². The highest BCUT2D eigenvalue weighted by atomic mass is 35.5. The summed E-state index contributed by atoms with van der Waals surface area (Å²) in [6.07, 6.45) is 0. The first-order valence-electron chi connectivity index (χ1n) is 4.62. The fourth-order valence-corrected chi connectivity index (χ4v) is 2.08. The van der Waals surface area contributed by atoms with E-state index in [2.05, 4.69) is 22.5 Å². The van der Waals surface area contributed by atoms with Crippen LogP contribution in [-0.4, -0.2) is 25.1 Å². The average Bonchev–Trinajstić information content (AvgIpc) is 2.56. The topological polar surface area (TPSA) is 60.7 Å². The minimum atomic E-state index is 0.284. The zero-order valence-electron chi connectivity index (χ0n) is 8.67. The van der Waals surface area contributed by atoms with Crippen molar-refractivity contribution in [2.45, 2.75) is 6.92 Å². The van der Waals surface area contributed by atoms with Crippen molar-refractivity contribution in [2.75, 3.05) is 25.5 Å². The van der Waals surface area contributed by atoms with Gasteiger partial charge in [0.05, 0.1) is 0 Å². The summed E-state index contributed by atoms with van der Waals surface area (Å²) in [5.74, 6) is 0.503. The molecule has 0 amide bonds. The number of anilines is 1. The van der Waals surface area contributed by atoms with Crippen molar-refractivity contribution in [3.8, 4) is 6.07 Å². The number of aromatic nitrogens is 1. The Morgan fingerprint density at radius 2 is 2.33 bits per heavy atom. The fraction of sp³-hybridized carbons (Fsp3) is 0.556. The van der Waals surface area contributed by atoms with Crippen LogP contribution < -0.4 is 10.6 Å². The molecule has 82 valence electrons. The van der Waals surface area contributed by atoms with Crippen molar-refractivity contribution in [3.63, 3.8) is 0 Å². The van der Waals surface area contributed by atoms with Gasteiger partial charge in [0.1, 0.15) is 10.9 Å². The number of halogens is 1. The van der Waals surface area contributed by atoms with Gasteiger partial charge in [0, 0.05) is 6.54 Å². The highest BCUT2D eigenvalue weighted by molar-refractivity contribution is 7.16. The molecule has 0 saturated heterocycles. The van der Waals surface area contributed by atoms with Crippen LogP contribution in [0.15, 0.2) is 0 Å². The summed E-state index contributed by atoms with van der Waals surface area (Å²) < 4.78 is 0. The first-order valence-corrected chi connectivity index (χ1v) is 5.81. The highest BCUT2D eigenvalue weighted by Gasteiger charge is 2.08. The molecule has 0 spiro atoms. The maximum absolute atomic E-state index is 8.69.